The van der Waals surface area contributed by atoms with Crippen LogP contribution in [0.3, 0.4) is 0 Å². The molecule has 0 amide bonds. The molecule has 0 unspecified atom stereocenters. The molecular weight excluding hydrogens is 196 g/mol. The van der Waals surface area contributed by atoms with Crippen molar-refractivity contribution >= 4 is 22.6 Å². The largest absolute Gasteiger partial charge is 0.331 e. The van der Waals surface area contributed by atoms with Crippen LogP contribution in [0.1, 0.15) is 25.6 Å². The lowest BCUT2D eigenvalue weighted by Crippen LogP contribution is -1.99. The minimum absolute atomic E-state index is 0.420. The molecule has 0 aliphatic rings. The summed E-state index contributed by atoms with van der Waals surface area (Å²) in [5.41, 5.74) is 2.00. The Morgan fingerprint density at radius 1 is 1.36 bits per heavy atom. The van der Waals surface area contributed by atoms with E-state index in [9.17, 15) is 0 Å². The first-order chi connectivity index (χ1) is 6.61. The zero-order valence-electron chi connectivity index (χ0n) is 8.58. The summed E-state index contributed by atoms with van der Waals surface area (Å²) in [4.78, 5) is 4.54. The molecule has 2 nitrogen and oxygen atoms in total. The van der Waals surface area contributed by atoms with E-state index >= 15 is 0 Å². The highest BCUT2D eigenvalue weighted by Crippen LogP contribution is 2.25. The van der Waals surface area contributed by atoms with Gasteiger partial charge in [0.15, 0.2) is 0 Å². The van der Waals surface area contributed by atoms with Gasteiger partial charge in [-0.15, -0.1) is 0 Å². The van der Waals surface area contributed by atoms with Crippen LogP contribution in [-0.4, -0.2) is 9.55 Å². The summed E-state index contributed by atoms with van der Waals surface area (Å²) >= 11 is 6.07. The molecule has 0 saturated carbocycles. The minimum Gasteiger partial charge on any atom is -0.331 e. The van der Waals surface area contributed by atoms with E-state index in [2.05, 4.69) is 23.4 Å². The quantitative estimate of drug-likeness (QED) is 0.703. The fraction of sp³-hybridized carbons (Fsp3) is 0.364. The molecule has 2 rings (SSSR count). The van der Waals surface area contributed by atoms with Gasteiger partial charge in [0, 0.05) is 13.0 Å². The van der Waals surface area contributed by atoms with Crippen molar-refractivity contribution in [1.29, 1.82) is 0 Å². The van der Waals surface area contributed by atoms with E-state index in [0.29, 0.717) is 5.92 Å². The van der Waals surface area contributed by atoms with Crippen molar-refractivity contribution in [3.8, 4) is 0 Å². The molecule has 1 heterocycles. The SMILES string of the molecule is CC(C)c1nc2c(Cl)cccc2n1C. The zero-order chi connectivity index (χ0) is 10.3. The summed E-state index contributed by atoms with van der Waals surface area (Å²) < 4.78 is 2.10. The van der Waals surface area contributed by atoms with E-state index < -0.39 is 0 Å². The fourth-order valence-corrected chi connectivity index (χ4v) is 1.93. The second-order valence-corrected chi connectivity index (χ2v) is 4.20. The van der Waals surface area contributed by atoms with Crippen LogP contribution in [0, 0.1) is 0 Å². The normalized spacial score (nSPS) is 11.5. The van der Waals surface area contributed by atoms with Gasteiger partial charge in [-0.2, -0.15) is 0 Å². The number of hydrogen-bond acceptors (Lipinski definition) is 1. The molecule has 14 heavy (non-hydrogen) atoms. The lowest BCUT2D eigenvalue weighted by molar-refractivity contribution is 0.722. The van der Waals surface area contributed by atoms with Crippen LogP contribution in [0.4, 0.5) is 0 Å². The maximum atomic E-state index is 6.07. The Morgan fingerprint density at radius 3 is 2.64 bits per heavy atom. The molecule has 0 spiro atoms. The summed E-state index contributed by atoms with van der Waals surface area (Å²) in [5, 5.41) is 0.727. The lowest BCUT2D eigenvalue weighted by atomic mass is 10.2. The van der Waals surface area contributed by atoms with Gasteiger partial charge in [0.25, 0.3) is 0 Å². The number of benzene rings is 1. The highest BCUT2D eigenvalue weighted by Gasteiger charge is 2.11. The maximum absolute atomic E-state index is 6.07. The van der Waals surface area contributed by atoms with E-state index in [1.807, 2.05) is 25.2 Å². The molecule has 0 N–H and O–H groups in total. The Labute approximate surface area is 88.5 Å². The molecule has 0 aliphatic carbocycles. The predicted octanol–water partition coefficient (Wildman–Crippen LogP) is 3.35. The number of rotatable bonds is 1. The average molecular weight is 209 g/mol. The third-order valence-electron chi connectivity index (χ3n) is 2.41. The Balaban J connectivity index is 2.80. The highest BCUT2D eigenvalue weighted by atomic mass is 35.5. The van der Waals surface area contributed by atoms with Gasteiger partial charge >= 0.3 is 0 Å². The molecule has 0 bridgehead atoms. The van der Waals surface area contributed by atoms with Gasteiger partial charge in [0.05, 0.1) is 10.5 Å². The van der Waals surface area contributed by atoms with Crippen molar-refractivity contribution in [1.82, 2.24) is 9.55 Å². The summed E-state index contributed by atoms with van der Waals surface area (Å²) in [6.45, 7) is 4.27. The van der Waals surface area contributed by atoms with E-state index in [-0.39, 0.29) is 0 Å². The minimum atomic E-state index is 0.420. The summed E-state index contributed by atoms with van der Waals surface area (Å²) in [6, 6.07) is 5.87. The molecule has 0 fully saturated rings. The molecular formula is C11H13ClN2. The monoisotopic (exact) mass is 208 g/mol. The molecule has 1 aromatic carbocycles. The number of hydrogen-bond donors (Lipinski definition) is 0. The van der Waals surface area contributed by atoms with Crippen molar-refractivity contribution in [3.05, 3.63) is 29.0 Å². The Kier molecular flexibility index (Phi) is 2.23. The first kappa shape index (κ1) is 9.53. The summed E-state index contributed by atoms with van der Waals surface area (Å²) in [5.74, 6) is 1.50. The van der Waals surface area contributed by atoms with Gasteiger partial charge in [0.1, 0.15) is 11.3 Å². The number of para-hydroxylation sites is 1. The highest BCUT2D eigenvalue weighted by molar-refractivity contribution is 6.34. The fourth-order valence-electron chi connectivity index (χ4n) is 1.71. The van der Waals surface area contributed by atoms with E-state index in [0.717, 1.165) is 21.9 Å². The molecule has 1 aromatic heterocycles. The molecule has 0 saturated heterocycles. The number of fused-ring (bicyclic) bond motifs is 1. The molecule has 0 atom stereocenters. The molecule has 0 radical (unpaired) electrons. The van der Waals surface area contributed by atoms with Crippen LogP contribution in [0.5, 0.6) is 0 Å². The van der Waals surface area contributed by atoms with Crippen LogP contribution < -0.4 is 0 Å². The number of nitrogens with zero attached hydrogens (tertiary/aromatic N) is 2. The van der Waals surface area contributed by atoms with E-state index in [1.165, 1.54) is 0 Å². The van der Waals surface area contributed by atoms with Crippen molar-refractivity contribution in [3.63, 3.8) is 0 Å². The van der Waals surface area contributed by atoms with Crippen molar-refractivity contribution < 1.29 is 0 Å². The van der Waals surface area contributed by atoms with Crippen LogP contribution in [0.2, 0.25) is 5.02 Å². The number of aromatic nitrogens is 2. The van der Waals surface area contributed by atoms with Gasteiger partial charge < -0.3 is 4.57 Å². The van der Waals surface area contributed by atoms with Crippen molar-refractivity contribution in [2.24, 2.45) is 7.05 Å². The molecule has 0 aliphatic heterocycles. The number of imidazole rings is 1. The van der Waals surface area contributed by atoms with Crippen molar-refractivity contribution in [2.75, 3.05) is 0 Å². The van der Waals surface area contributed by atoms with Crippen LogP contribution >= 0.6 is 11.6 Å². The first-order valence-corrected chi connectivity index (χ1v) is 5.10. The number of aryl methyl sites for hydroxylation is 1. The molecule has 2 aromatic rings. The van der Waals surface area contributed by atoms with E-state index in [1.54, 1.807) is 0 Å². The van der Waals surface area contributed by atoms with Gasteiger partial charge in [-0.25, -0.2) is 4.98 Å². The molecule has 74 valence electrons. The standard InChI is InChI=1S/C11H13ClN2/c1-7(2)11-13-10-8(12)5-4-6-9(10)14(11)3/h4-7H,1-3H3. The van der Waals surface area contributed by atoms with Crippen molar-refractivity contribution in [2.45, 2.75) is 19.8 Å². The van der Waals surface area contributed by atoms with Crippen LogP contribution in [0.15, 0.2) is 18.2 Å². The Morgan fingerprint density at radius 2 is 2.07 bits per heavy atom. The van der Waals surface area contributed by atoms with Gasteiger partial charge in [-0.3, -0.25) is 0 Å². The Bertz CT molecular complexity index is 471. The lowest BCUT2D eigenvalue weighted by Gasteiger charge is -2.04. The Hall–Kier alpha value is -1.02. The maximum Gasteiger partial charge on any atom is 0.112 e. The summed E-state index contributed by atoms with van der Waals surface area (Å²) in [7, 11) is 2.03. The van der Waals surface area contributed by atoms with Gasteiger partial charge in [-0.05, 0) is 12.1 Å². The predicted molar refractivity (Wildman–Crippen MR) is 59.8 cm³/mol. The van der Waals surface area contributed by atoms with Gasteiger partial charge in [0.2, 0.25) is 0 Å². The summed E-state index contributed by atoms with van der Waals surface area (Å²) in [6.07, 6.45) is 0. The van der Waals surface area contributed by atoms with Crippen LogP contribution in [0.25, 0.3) is 11.0 Å². The smallest absolute Gasteiger partial charge is 0.112 e. The number of halogens is 1. The van der Waals surface area contributed by atoms with Crippen LogP contribution in [-0.2, 0) is 7.05 Å². The first-order valence-electron chi connectivity index (χ1n) is 4.72. The third-order valence-corrected chi connectivity index (χ3v) is 2.72. The second-order valence-electron chi connectivity index (χ2n) is 3.79. The van der Waals surface area contributed by atoms with Gasteiger partial charge in [-0.1, -0.05) is 31.5 Å². The zero-order valence-corrected chi connectivity index (χ0v) is 9.34. The third kappa shape index (κ3) is 1.30. The second kappa shape index (κ2) is 3.28. The van der Waals surface area contributed by atoms with E-state index in [4.69, 9.17) is 11.6 Å². The molecule has 3 heteroatoms. The topological polar surface area (TPSA) is 17.8 Å². The average Bonchev–Trinajstić information content (AvgIpc) is 2.46.